The Kier molecular flexibility index (Phi) is 65.2. The van der Waals surface area contributed by atoms with Crippen molar-refractivity contribution in [2.24, 2.45) is 0 Å². The van der Waals surface area contributed by atoms with Crippen molar-refractivity contribution in [3.05, 3.63) is 109 Å². The van der Waals surface area contributed by atoms with Gasteiger partial charge in [-0.25, -0.2) is 0 Å². The van der Waals surface area contributed by atoms with Crippen molar-refractivity contribution in [3.63, 3.8) is 0 Å². The summed E-state index contributed by atoms with van der Waals surface area (Å²) in [6.45, 7) is 6.51. The van der Waals surface area contributed by atoms with Gasteiger partial charge in [0.05, 0.1) is 0 Å². The first kappa shape index (κ1) is 77.1. The highest BCUT2D eigenvalue weighted by atomic mass is 16.6. The topological polar surface area (TPSA) is 78.9 Å². The van der Waals surface area contributed by atoms with Gasteiger partial charge in [0.15, 0.2) is 6.10 Å². The monoisotopic (exact) mass is 1120 g/mol. The second-order valence-electron chi connectivity index (χ2n) is 22.7. The van der Waals surface area contributed by atoms with E-state index < -0.39 is 6.10 Å². The van der Waals surface area contributed by atoms with Crippen LogP contribution < -0.4 is 0 Å². The Morgan fingerprint density at radius 1 is 0.259 bits per heavy atom. The van der Waals surface area contributed by atoms with Gasteiger partial charge in [0, 0.05) is 19.3 Å². The molecule has 6 nitrogen and oxygen atoms in total. The zero-order valence-electron chi connectivity index (χ0n) is 53.3. The molecule has 0 aliphatic heterocycles. The van der Waals surface area contributed by atoms with Crippen molar-refractivity contribution in [2.45, 2.75) is 335 Å². The van der Waals surface area contributed by atoms with Gasteiger partial charge in [-0.2, -0.15) is 0 Å². The number of hydrogen-bond acceptors (Lipinski definition) is 6. The summed E-state index contributed by atoms with van der Waals surface area (Å²) in [7, 11) is 0. The van der Waals surface area contributed by atoms with E-state index in [1.807, 2.05) is 0 Å². The van der Waals surface area contributed by atoms with E-state index in [0.717, 1.165) is 116 Å². The minimum absolute atomic E-state index is 0.0850. The van der Waals surface area contributed by atoms with Crippen LogP contribution >= 0.6 is 0 Å². The Balaban J connectivity index is 4.33. The second-order valence-corrected chi connectivity index (χ2v) is 22.7. The molecule has 6 heteroatoms. The third-order valence-corrected chi connectivity index (χ3v) is 14.7. The van der Waals surface area contributed by atoms with Crippen LogP contribution in [0.2, 0.25) is 0 Å². The molecule has 0 radical (unpaired) electrons. The molecule has 0 aromatic carbocycles. The van der Waals surface area contributed by atoms with Crippen LogP contribution in [0.15, 0.2) is 109 Å². The highest BCUT2D eigenvalue weighted by Gasteiger charge is 2.19. The van der Waals surface area contributed by atoms with Crippen molar-refractivity contribution >= 4 is 17.9 Å². The highest BCUT2D eigenvalue weighted by Crippen LogP contribution is 2.16. The summed E-state index contributed by atoms with van der Waals surface area (Å²) in [5, 5.41) is 0. The first-order valence-corrected chi connectivity index (χ1v) is 34.4. The molecule has 0 rings (SSSR count). The van der Waals surface area contributed by atoms with Gasteiger partial charge < -0.3 is 14.2 Å². The number of allylic oxidation sites excluding steroid dienone is 18. The molecular weight excluding hydrogens is 997 g/mol. The van der Waals surface area contributed by atoms with Crippen LogP contribution in [0.25, 0.3) is 0 Å². The molecular formula is C75H128O6. The van der Waals surface area contributed by atoms with E-state index >= 15 is 0 Å². The molecule has 0 N–H and O–H groups in total. The van der Waals surface area contributed by atoms with Gasteiger partial charge in [-0.15, -0.1) is 0 Å². The Labute approximate surface area is 501 Å². The van der Waals surface area contributed by atoms with Crippen LogP contribution in [0.5, 0.6) is 0 Å². The Morgan fingerprint density at radius 2 is 0.481 bits per heavy atom. The SMILES string of the molecule is CC/C=C\C/C=C\C/C=C\C/C=C\C/C=C\C/C=C\CCCCCCCCCCC(=O)OCC(COC(=O)CCCCCCC/C=C\CCCCCC)OC(=O)CCCCCCCCCCCCC/C=C\C/C=C\CCCCCCC. The number of carbonyl (C=O) groups excluding carboxylic acids is 3. The Hall–Kier alpha value is -3.93. The first-order valence-electron chi connectivity index (χ1n) is 34.4. The third-order valence-electron chi connectivity index (χ3n) is 14.7. The Morgan fingerprint density at radius 3 is 0.778 bits per heavy atom. The smallest absolute Gasteiger partial charge is 0.306 e. The number of rotatable bonds is 62. The first-order chi connectivity index (χ1) is 40.0. The quantitative estimate of drug-likeness (QED) is 0.0261. The van der Waals surface area contributed by atoms with Crippen LogP contribution in [0.1, 0.15) is 329 Å². The van der Waals surface area contributed by atoms with E-state index in [-0.39, 0.29) is 31.1 Å². The second kappa shape index (κ2) is 68.6. The summed E-state index contributed by atoms with van der Waals surface area (Å²) >= 11 is 0. The van der Waals surface area contributed by atoms with E-state index in [4.69, 9.17) is 14.2 Å². The van der Waals surface area contributed by atoms with Crippen LogP contribution in [0, 0.1) is 0 Å². The lowest BCUT2D eigenvalue weighted by atomic mass is 10.0. The van der Waals surface area contributed by atoms with Gasteiger partial charge >= 0.3 is 17.9 Å². The predicted octanol–water partition coefficient (Wildman–Crippen LogP) is 23.8. The minimum Gasteiger partial charge on any atom is -0.462 e. The molecule has 0 aromatic rings. The largest absolute Gasteiger partial charge is 0.462 e. The van der Waals surface area contributed by atoms with Gasteiger partial charge in [0.25, 0.3) is 0 Å². The lowest BCUT2D eigenvalue weighted by Gasteiger charge is -2.18. The lowest BCUT2D eigenvalue weighted by molar-refractivity contribution is -0.167. The molecule has 0 bridgehead atoms. The molecule has 0 saturated heterocycles. The van der Waals surface area contributed by atoms with Crippen LogP contribution in [-0.2, 0) is 28.6 Å². The van der Waals surface area contributed by atoms with Crippen molar-refractivity contribution in [1.29, 1.82) is 0 Å². The molecule has 0 heterocycles. The van der Waals surface area contributed by atoms with E-state index in [1.165, 1.54) is 173 Å². The number of carbonyl (C=O) groups is 3. The fourth-order valence-electron chi connectivity index (χ4n) is 9.59. The normalized spacial score (nSPS) is 12.8. The number of esters is 3. The summed E-state index contributed by atoms with van der Waals surface area (Å²) in [5.41, 5.74) is 0. The summed E-state index contributed by atoms with van der Waals surface area (Å²) in [5.74, 6) is -0.893. The highest BCUT2D eigenvalue weighted by molar-refractivity contribution is 5.71. The van der Waals surface area contributed by atoms with E-state index in [1.54, 1.807) is 0 Å². The van der Waals surface area contributed by atoms with Gasteiger partial charge in [-0.1, -0.05) is 291 Å². The molecule has 1 unspecified atom stereocenters. The average Bonchev–Trinajstić information content (AvgIpc) is 3.46. The molecule has 0 amide bonds. The van der Waals surface area contributed by atoms with E-state index in [0.29, 0.717) is 19.3 Å². The zero-order chi connectivity index (χ0) is 58.5. The standard InChI is InChI=1S/C75H128O6/c1-4-7-10-13-16-19-22-25-27-29-31-33-35-36-37-38-40-41-43-45-47-50-53-56-59-62-65-68-74(77)80-71-72(70-79-73(76)67-64-61-58-55-52-49-24-21-18-15-12-9-6-3)81-75(78)69-66-63-60-57-54-51-48-46-44-42-39-34-32-30-28-26-23-20-17-14-11-8-5-2/h7,10,16,19,21,23-27,30-33,36-37,40-41,72H,4-6,8-9,11-15,17-18,20,22,28-29,34-35,38-39,42-71H2,1-3H3/b10-7-,19-16-,24-21-,26-23-,27-25-,32-30-,33-31-,37-36-,41-40-. The molecule has 0 saturated carbocycles. The molecule has 0 spiro atoms. The fraction of sp³-hybridized carbons (Fsp3) is 0.720. The molecule has 464 valence electrons. The van der Waals surface area contributed by atoms with Crippen molar-refractivity contribution in [2.75, 3.05) is 13.2 Å². The molecule has 0 fully saturated rings. The Bertz CT molecular complexity index is 1620. The molecule has 0 aliphatic rings. The van der Waals surface area contributed by atoms with Crippen LogP contribution in [0.4, 0.5) is 0 Å². The van der Waals surface area contributed by atoms with Crippen LogP contribution in [0.3, 0.4) is 0 Å². The van der Waals surface area contributed by atoms with Crippen molar-refractivity contribution < 1.29 is 28.6 Å². The number of hydrogen-bond donors (Lipinski definition) is 0. The average molecular weight is 1130 g/mol. The minimum atomic E-state index is -0.789. The van der Waals surface area contributed by atoms with E-state index in [9.17, 15) is 14.4 Å². The summed E-state index contributed by atoms with van der Waals surface area (Å²) in [4.78, 5) is 38.4. The summed E-state index contributed by atoms with van der Waals surface area (Å²) in [6, 6.07) is 0. The van der Waals surface area contributed by atoms with Crippen LogP contribution in [-0.4, -0.2) is 37.2 Å². The predicted molar refractivity (Wildman–Crippen MR) is 353 cm³/mol. The van der Waals surface area contributed by atoms with Crippen molar-refractivity contribution in [3.8, 4) is 0 Å². The maximum absolute atomic E-state index is 12.9. The molecule has 81 heavy (non-hydrogen) atoms. The fourth-order valence-corrected chi connectivity index (χ4v) is 9.59. The summed E-state index contributed by atoms with van der Waals surface area (Å²) in [6.07, 6.45) is 93.9. The maximum atomic E-state index is 12.9. The van der Waals surface area contributed by atoms with Gasteiger partial charge in [-0.05, 0) is 128 Å². The lowest BCUT2D eigenvalue weighted by Crippen LogP contribution is -2.30. The zero-order valence-corrected chi connectivity index (χ0v) is 53.3. The van der Waals surface area contributed by atoms with Gasteiger partial charge in [-0.3, -0.25) is 14.4 Å². The van der Waals surface area contributed by atoms with Gasteiger partial charge in [0.2, 0.25) is 0 Å². The van der Waals surface area contributed by atoms with E-state index in [2.05, 4.69) is 130 Å². The molecule has 0 aromatic heterocycles. The van der Waals surface area contributed by atoms with Crippen molar-refractivity contribution in [1.82, 2.24) is 0 Å². The molecule has 0 aliphatic carbocycles. The summed E-state index contributed by atoms with van der Waals surface area (Å²) < 4.78 is 17.0. The van der Waals surface area contributed by atoms with Gasteiger partial charge in [0.1, 0.15) is 13.2 Å². The maximum Gasteiger partial charge on any atom is 0.306 e. The third kappa shape index (κ3) is 66.8. The number of unbranched alkanes of at least 4 members (excludes halogenated alkanes) is 33. The number of ether oxygens (including phenoxy) is 3. The molecule has 1 atom stereocenters.